The van der Waals surface area contributed by atoms with Crippen LogP contribution in [0.3, 0.4) is 0 Å². The SMILES string of the molecule is NC1(C(=O)Nc2cccc(-c3nnnn3C3CC3)c2)CCOCC1. The molecule has 1 saturated carbocycles. The van der Waals surface area contributed by atoms with Crippen molar-refractivity contribution < 1.29 is 9.53 Å². The first-order valence-corrected chi connectivity index (χ1v) is 8.22. The number of hydrogen-bond acceptors (Lipinski definition) is 6. The van der Waals surface area contributed by atoms with E-state index in [-0.39, 0.29) is 5.91 Å². The van der Waals surface area contributed by atoms with E-state index in [2.05, 4.69) is 20.8 Å². The number of nitrogens with one attached hydrogen (secondary N) is 1. The smallest absolute Gasteiger partial charge is 0.244 e. The highest BCUT2D eigenvalue weighted by molar-refractivity contribution is 5.98. The van der Waals surface area contributed by atoms with Crippen molar-refractivity contribution in [3.63, 3.8) is 0 Å². The van der Waals surface area contributed by atoms with E-state index < -0.39 is 5.54 Å². The Balaban J connectivity index is 1.54. The molecule has 2 aliphatic rings. The number of carbonyl (C=O) groups excluding carboxylic acids is 1. The fourth-order valence-corrected chi connectivity index (χ4v) is 2.90. The molecule has 1 saturated heterocycles. The lowest BCUT2D eigenvalue weighted by Gasteiger charge is -2.31. The Morgan fingerprint density at radius 3 is 2.88 bits per heavy atom. The first-order chi connectivity index (χ1) is 11.7. The third-order valence-electron chi connectivity index (χ3n) is 4.60. The minimum absolute atomic E-state index is 0.176. The molecule has 3 N–H and O–H groups in total. The number of anilines is 1. The number of carbonyl (C=O) groups is 1. The van der Waals surface area contributed by atoms with Gasteiger partial charge in [0.15, 0.2) is 5.82 Å². The van der Waals surface area contributed by atoms with Crippen LogP contribution in [-0.2, 0) is 9.53 Å². The maximum Gasteiger partial charge on any atom is 0.244 e. The molecule has 0 spiro atoms. The van der Waals surface area contributed by atoms with Gasteiger partial charge >= 0.3 is 0 Å². The van der Waals surface area contributed by atoms with Gasteiger partial charge in [0.25, 0.3) is 0 Å². The summed E-state index contributed by atoms with van der Waals surface area (Å²) in [7, 11) is 0. The third-order valence-corrected chi connectivity index (χ3v) is 4.60. The normalized spacial score (nSPS) is 19.9. The van der Waals surface area contributed by atoms with Crippen LogP contribution in [0.4, 0.5) is 5.69 Å². The molecule has 0 unspecified atom stereocenters. The summed E-state index contributed by atoms with van der Waals surface area (Å²) in [5, 5.41) is 14.9. The number of amides is 1. The number of ether oxygens (including phenoxy) is 1. The van der Waals surface area contributed by atoms with Gasteiger partial charge in [-0.1, -0.05) is 12.1 Å². The van der Waals surface area contributed by atoms with Crippen molar-refractivity contribution in [3.05, 3.63) is 24.3 Å². The lowest BCUT2D eigenvalue weighted by Crippen LogP contribution is -2.54. The Morgan fingerprint density at radius 2 is 2.12 bits per heavy atom. The predicted molar refractivity (Wildman–Crippen MR) is 87.1 cm³/mol. The summed E-state index contributed by atoms with van der Waals surface area (Å²) < 4.78 is 7.14. The fourth-order valence-electron chi connectivity index (χ4n) is 2.90. The Labute approximate surface area is 139 Å². The van der Waals surface area contributed by atoms with Gasteiger partial charge in [-0.05, 0) is 48.2 Å². The predicted octanol–water partition coefficient (Wildman–Crippen LogP) is 1.12. The van der Waals surface area contributed by atoms with Gasteiger partial charge in [0.2, 0.25) is 5.91 Å². The quantitative estimate of drug-likeness (QED) is 0.871. The van der Waals surface area contributed by atoms with Crippen LogP contribution < -0.4 is 11.1 Å². The monoisotopic (exact) mass is 328 g/mol. The molecule has 4 rings (SSSR count). The fraction of sp³-hybridized carbons (Fsp3) is 0.500. The molecule has 0 bridgehead atoms. The minimum Gasteiger partial charge on any atom is -0.381 e. The maximum absolute atomic E-state index is 12.5. The zero-order chi connectivity index (χ0) is 16.6. The van der Waals surface area contributed by atoms with Crippen LogP contribution >= 0.6 is 0 Å². The van der Waals surface area contributed by atoms with Gasteiger partial charge in [-0.15, -0.1) is 5.10 Å². The molecule has 2 aromatic rings. The van der Waals surface area contributed by atoms with Crippen LogP contribution in [0.5, 0.6) is 0 Å². The molecule has 2 heterocycles. The summed E-state index contributed by atoms with van der Waals surface area (Å²) in [6.07, 6.45) is 3.26. The highest BCUT2D eigenvalue weighted by Crippen LogP contribution is 2.36. The van der Waals surface area contributed by atoms with Crippen molar-refractivity contribution in [1.29, 1.82) is 0 Å². The van der Waals surface area contributed by atoms with E-state index in [9.17, 15) is 4.79 Å². The van der Waals surface area contributed by atoms with Crippen LogP contribution in [0.2, 0.25) is 0 Å². The molecule has 24 heavy (non-hydrogen) atoms. The average molecular weight is 328 g/mol. The summed E-state index contributed by atoms with van der Waals surface area (Å²) >= 11 is 0. The second-order valence-corrected chi connectivity index (χ2v) is 6.48. The standard InChI is InChI=1S/C16H20N6O2/c17-16(6-8-24-9-7-16)15(23)18-12-3-1-2-11(10-12)14-19-20-21-22(14)13-4-5-13/h1-3,10,13H,4-9,17H2,(H,18,23). The zero-order valence-corrected chi connectivity index (χ0v) is 13.3. The van der Waals surface area contributed by atoms with Gasteiger partial charge in [-0.2, -0.15) is 0 Å². The molecule has 1 aromatic carbocycles. The van der Waals surface area contributed by atoms with Crippen molar-refractivity contribution in [2.24, 2.45) is 5.73 Å². The number of nitrogens with zero attached hydrogens (tertiary/aromatic N) is 4. The summed E-state index contributed by atoms with van der Waals surface area (Å²) in [4.78, 5) is 12.5. The van der Waals surface area contributed by atoms with E-state index in [4.69, 9.17) is 10.5 Å². The number of tetrazole rings is 1. The number of rotatable bonds is 4. The van der Waals surface area contributed by atoms with Crippen molar-refractivity contribution in [2.45, 2.75) is 37.3 Å². The van der Waals surface area contributed by atoms with Gasteiger partial charge in [-0.3, -0.25) is 4.79 Å². The van der Waals surface area contributed by atoms with Crippen LogP contribution in [-0.4, -0.2) is 44.9 Å². The first kappa shape index (κ1) is 15.2. The van der Waals surface area contributed by atoms with Crippen molar-refractivity contribution >= 4 is 11.6 Å². The van der Waals surface area contributed by atoms with E-state index in [1.165, 1.54) is 0 Å². The highest BCUT2D eigenvalue weighted by atomic mass is 16.5. The Kier molecular flexibility index (Phi) is 3.78. The lowest BCUT2D eigenvalue weighted by atomic mass is 9.90. The molecular formula is C16H20N6O2. The van der Waals surface area contributed by atoms with Gasteiger partial charge < -0.3 is 15.8 Å². The second-order valence-electron chi connectivity index (χ2n) is 6.48. The molecule has 8 nitrogen and oxygen atoms in total. The van der Waals surface area contributed by atoms with E-state index in [0.29, 0.717) is 37.8 Å². The van der Waals surface area contributed by atoms with Gasteiger partial charge in [-0.25, -0.2) is 4.68 Å². The summed E-state index contributed by atoms with van der Waals surface area (Å²) in [5.74, 6) is 0.548. The Morgan fingerprint density at radius 1 is 1.33 bits per heavy atom. The van der Waals surface area contributed by atoms with E-state index >= 15 is 0 Å². The summed E-state index contributed by atoms with van der Waals surface area (Å²) in [5.41, 5.74) is 6.93. The second kappa shape index (κ2) is 5.95. The molecular weight excluding hydrogens is 308 g/mol. The molecule has 1 aromatic heterocycles. The van der Waals surface area contributed by atoms with Crippen molar-refractivity contribution in [1.82, 2.24) is 20.2 Å². The van der Waals surface area contributed by atoms with Gasteiger partial charge in [0.1, 0.15) is 5.54 Å². The third kappa shape index (κ3) is 2.90. The van der Waals surface area contributed by atoms with Crippen molar-refractivity contribution in [2.75, 3.05) is 18.5 Å². The van der Waals surface area contributed by atoms with Crippen LogP contribution in [0.25, 0.3) is 11.4 Å². The molecule has 0 radical (unpaired) electrons. The van der Waals surface area contributed by atoms with E-state index in [0.717, 1.165) is 24.2 Å². The zero-order valence-electron chi connectivity index (χ0n) is 13.3. The molecule has 0 atom stereocenters. The summed E-state index contributed by atoms with van der Waals surface area (Å²) in [6, 6.07) is 7.93. The molecule has 126 valence electrons. The van der Waals surface area contributed by atoms with E-state index in [1.807, 2.05) is 28.9 Å². The van der Waals surface area contributed by atoms with Gasteiger partial charge in [0.05, 0.1) is 6.04 Å². The number of benzene rings is 1. The van der Waals surface area contributed by atoms with Gasteiger partial charge in [0, 0.05) is 24.5 Å². The lowest BCUT2D eigenvalue weighted by molar-refractivity contribution is -0.124. The first-order valence-electron chi connectivity index (χ1n) is 8.22. The Bertz CT molecular complexity index is 749. The van der Waals surface area contributed by atoms with Crippen LogP contribution in [0, 0.1) is 0 Å². The topological polar surface area (TPSA) is 108 Å². The number of nitrogens with two attached hydrogens (primary N) is 1. The maximum atomic E-state index is 12.5. The molecule has 2 fully saturated rings. The van der Waals surface area contributed by atoms with Crippen molar-refractivity contribution in [3.8, 4) is 11.4 Å². The molecule has 1 amide bonds. The molecule has 8 heteroatoms. The largest absolute Gasteiger partial charge is 0.381 e. The van der Waals surface area contributed by atoms with Crippen LogP contribution in [0.1, 0.15) is 31.7 Å². The number of aromatic nitrogens is 4. The minimum atomic E-state index is -0.871. The number of hydrogen-bond donors (Lipinski definition) is 2. The molecule has 1 aliphatic carbocycles. The van der Waals surface area contributed by atoms with Crippen LogP contribution in [0.15, 0.2) is 24.3 Å². The van der Waals surface area contributed by atoms with E-state index in [1.54, 1.807) is 0 Å². The Hall–Kier alpha value is -2.32. The molecule has 1 aliphatic heterocycles. The highest BCUT2D eigenvalue weighted by Gasteiger charge is 2.36. The average Bonchev–Trinajstić information content (AvgIpc) is 3.32. The summed E-state index contributed by atoms with van der Waals surface area (Å²) in [6.45, 7) is 1.03.